The number of hydrogen-bond donors (Lipinski definition) is 1. The molecule has 2 saturated carbocycles. The third-order valence-electron chi connectivity index (χ3n) is 13.3. The second-order valence-electron chi connectivity index (χ2n) is 17.9. The molecule has 1 aromatic heterocycles. The van der Waals surface area contributed by atoms with Gasteiger partial charge in [0.2, 0.25) is 5.91 Å². The van der Waals surface area contributed by atoms with Crippen LogP contribution >= 0.6 is 12.2 Å². The number of carbonyl (C=O) groups is 4. The Bertz CT molecular complexity index is 2250. The monoisotopic (exact) mass is 861 g/mol. The Morgan fingerprint density at radius 1 is 1.05 bits per heavy atom. The summed E-state index contributed by atoms with van der Waals surface area (Å²) in [6, 6.07) is 10.7. The highest BCUT2D eigenvalue weighted by molar-refractivity contribution is 7.80. The highest BCUT2D eigenvalue weighted by Gasteiger charge is 2.52. The SMILES string of the molecule is C[C@@H]1CC(OCCCC2CCC(N3C(=S)N(c4ccc(C#N)c(C(F)(F)F)c4)C(=O)C3(C)C)CC2)C[C@H](C)N1CC(=O)Nc1cccc2c(C3CCC(=O)CC3=O)nn(C)c12. The molecule has 2 aliphatic heterocycles. The molecule has 3 aromatic rings. The van der Waals surface area contributed by atoms with E-state index >= 15 is 0 Å². The summed E-state index contributed by atoms with van der Waals surface area (Å²) >= 11 is 5.77. The number of nitrogens with zero attached hydrogens (tertiary/aromatic N) is 6. The molecular formula is C45H54F3N7O5S. The molecule has 12 nitrogen and oxygen atoms in total. The Kier molecular flexibility index (Phi) is 12.8. The molecule has 2 unspecified atom stereocenters. The van der Waals surface area contributed by atoms with Gasteiger partial charge in [0.15, 0.2) is 5.11 Å². The van der Waals surface area contributed by atoms with Gasteiger partial charge in [0.05, 0.1) is 64.8 Å². The first-order valence-corrected chi connectivity index (χ1v) is 21.8. The molecule has 3 heterocycles. The van der Waals surface area contributed by atoms with Gasteiger partial charge >= 0.3 is 6.18 Å². The van der Waals surface area contributed by atoms with Crippen molar-refractivity contribution in [2.45, 2.75) is 140 Å². The number of nitrogens with one attached hydrogen (secondary N) is 1. The van der Waals surface area contributed by atoms with Crippen LogP contribution in [-0.4, -0.2) is 91.0 Å². The highest BCUT2D eigenvalue weighted by Crippen LogP contribution is 2.42. The van der Waals surface area contributed by atoms with Crippen LogP contribution in [0, 0.1) is 17.2 Å². The van der Waals surface area contributed by atoms with Gasteiger partial charge in [-0.15, -0.1) is 0 Å². The molecule has 0 radical (unpaired) electrons. The zero-order chi connectivity index (χ0) is 44.0. The number of Topliss-reactive ketones (excluding diaryl/α,β-unsaturated/α-hetero) is 2. The van der Waals surface area contributed by atoms with Gasteiger partial charge in [-0.3, -0.25) is 33.7 Å². The van der Waals surface area contributed by atoms with Crippen LogP contribution in [0.5, 0.6) is 0 Å². The van der Waals surface area contributed by atoms with Gasteiger partial charge in [-0.25, -0.2) is 0 Å². The van der Waals surface area contributed by atoms with Crippen molar-refractivity contribution >= 4 is 63.0 Å². The van der Waals surface area contributed by atoms with Crippen molar-refractivity contribution in [2.24, 2.45) is 13.0 Å². The van der Waals surface area contributed by atoms with Crippen LogP contribution in [0.4, 0.5) is 24.5 Å². The molecule has 326 valence electrons. The first kappa shape index (κ1) is 44.3. The van der Waals surface area contributed by atoms with E-state index < -0.39 is 34.7 Å². The second kappa shape index (κ2) is 17.6. The van der Waals surface area contributed by atoms with Crippen LogP contribution in [-0.2, 0) is 37.1 Å². The lowest BCUT2D eigenvalue weighted by molar-refractivity contribution is -0.138. The van der Waals surface area contributed by atoms with Gasteiger partial charge in [-0.2, -0.15) is 23.5 Å². The number of ether oxygens (including phenoxy) is 1. The van der Waals surface area contributed by atoms with Gasteiger partial charge in [0, 0.05) is 43.6 Å². The normalized spacial score (nSPS) is 26.3. The van der Waals surface area contributed by atoms with Crippen molar-refractivity contribution in [3.63, 3.8) is 0 Å². The number of aryl methyl sites for hydroxylation is 1. The largest absolute Gasteiger partial charge is 0.417 e. The first-order valence-electron chi connectivity index (χ1n) is 21.3. The number of aromatic nitrogens is 2. The smallest absolute Gasteiger partial charge is 0.378 e. The van der Waals surface area contributed by atoms with E-state index in [0.717, 1.165) is 74.4 Å². The standard InChI is InChI=1S/C45H54F3N7O5S/c1-26-20-33(21-27(2)53(26)25-39(58)50-37-10-6-9-35-40(51-52(5)41(35)37)34-18-17-32(56)23-38(34)57)60-19-7-8-28-11-14-30(15-12-28)55-43(61)54(42(59)44(55,3)4)31-16-13-29(24-49)36(22-31)45(46,47)48/h6,9-10,13,16,22,26-28,30,33-34H,7-8,11-12,14-15,17-21,23,25H2,1-5H3,(H,50,58)/t26-,27+,28?,30?,33?,34?. The number of hydrogen-bond acceptors (Lipinski definition) is 9. The molecule has 1 N–H and O–H groups in total. The maximum absolute atomic E-state index is 13.8. The van der Waals surface area contributed by atoms with Crippen molar-refractivity contribution in [3.8, 4) is 6.07 Å². The summed E-state index contributed by atoms with van der Waals surface area (Å²) in [7, 11) is 1.80. The van der Waals surface area contributed by atoms with Gasteiger partial charge in [0.25, 0.3) is 5.91 Å². The summed E-state index contributed by atoms with van der Waals surface area (Å²) in [5, 5.41) is 18.0. The van der Waals surface area contributed by atoms with E-state index in [1.807, 2.05) is 23.1 Å². The molecular weight excluding hydrogens is 808 g/mol. The van der Waals surface area contributed by atoms with Crippen LogP contribution in [0.15, 0.2) is 36.4 Å². The Morgan fingerprint density at radius 3 is 2.41 bits per heavy atom. The Morgan fingerprint density at radius 2 is 1.75 bits per heavy atom. The first-order chi connectivity index (χ1) is 28.9. The molecule has 2 aromatic carbocycles. The minimum absolute atomic E-state index is 0.00611. The lowest BCUT2D eigenvalue weighted by atomic mass is 9.82. The van der Waals surface area contributed by atoms with E-state index in [4.69, 9.17) is 17.0 Å². The number of thiocarbonyl (C=S) groups is 1. The molecule has 7 rings (SSSR count). The summed E-state index contributed by atoms with van der Waals surface area (Å²) in [4.78, 5) is 57.0. The zero-order valence-corrected chi connectivity index (χ0v) is 36.2. The minimum atomic E-state index is -4.75. The topological polar surface area (TPSA) is 141 Å². The number of likely N-dealkylation sites (tertiary alicyclic amines) is 1. The molecule has 4 fully saturated rings. The number of benzene rings is 2. The van der Waals surface area contributed by atoms with Crippen molar-refractivity contribution in [1.29, 1.82) is 5.26 Å². The van der Waals surface area contributed by atoms with Crippen LogP contribution in [0.3, 0.4) is 0 Å². The quantitative estimate of drug-likeness (QED) is 0.115. The number of para-hydroxylation sites is 1. The van der Waals surface area contributed by atoms with Gasteiger partial charge < -0.3 is 15.0 Å². The number of piperidine rings is 1. The lowest BCUT2D eigenvalue weighted by Gasteiger charge is -2.42. The number of carbonyl (C=O) groups excluding carboxylic acids is 4. The highest BCUT2D eigenvalue weighted by atomic mass is 32.1. The number of fused-ring (bicyclic) bond motifs is 1. The van der Waals surface area contributed by atoms with E-state index in [0.29, 0.717) is 36.7 Å². The molecule has 61 heavy (non-hydrogen) atoms. The van der Waals surface area contributed by atoms with Gasteiger partial charge in [-0.1, -0.05) is 12.1 Å². The van der Waals surface area contributed by atoms with E-state index in [1.165, 1.54) is 11.0 Å². The van der Waals surface area contributed by atoms with Crippen molar-refractivity contribution in [3.05, 3.63) is 53.2 Å². The summed E-state index contributed by atoms with van der Waals surface area (Å²) in [6.07, 6.45) is 3.11. The van der Waals surface area contributed by atoms with E-state index in [9.17, 15) is 37.6 Å². The van der Waals surface area contributed by atoms with E-state index in [1.54, 1.807) is 31.6 Å². The predicted octanol–water partition coefficient (Wildman–Crippen LogP) is 7.82. The zero-order valence-electron chi connectivity index (χ0n) is 35.4. The molecule has 4 aliphatic rings. The Labute approximate surface area is 359 Å². The molecule has 2 aliphatic carbocycles. The summed E-state index contributed by atoms with van der Waals surface area (Å²) in [5.74, 6) is -0.606. The molecule has 4 atom stereocenters. The second-order valence-corrected chi connectivity index (χ2v) is 18.2. The average molecular weight is 862 g/mol. The Hall–Kier alpha value is -4.72. The van der Waals surface area contributed by atoms with Gasteiger partial charge in [0.1, 0.15) is 17.1 Å². The van der Waals surface area contributed by atoms with Gasteiger partial charge in [-0.05, 0) is 128 Å². The number of alkyl halides is 3. The third-order valence-corrected chi connectivity index (χ3v) is 13.7. The fourth-order valence-electron chi connectivity index (χ4n) is 10.2. The van der Waals surface area contributed by atoms with Crippen molar-refractivity contribution in [1.82, 2.24) is 19.6 Å². The number of rotatable bonds is 11. The summed E-state index contributed by atoms with van der Waals surface area (Å²) in [5.41, 5.74) is -0.608. The molecule has 2 amide bonds. The maximum atomic E-state index is 13.8. The van der Waals surface area contributed by atoms with Crippen molar-refractivity contribution in [2.75, 3.05) is 23.4 Å². The summed E-state index contributed by atoms with van der Waals surface area (Å²) < 4.78 is 49.4. The number of amides is 2. The minimum Gasteiger partial charge on any atom is -0.378 e. The van der Waals surface area contributed by atoms with E-state index in [2.05, 4.69) is 29.2 Å². The van der Waals surface area contributed by atoms with Crippen molar-refractivity contribution < 1.29 is 37.1 Å². The molecule has 0 bridgehead atoms. The lowest BCUT2D eigenvalue weighted by Crippen LogP contribution is -2.51. The van der Waals surface area contributed by atoms with Crippen LogP contribution in [0.1, 0.15) is 121 Å². The number of halogens is 3. The average Bonchev–Trinajstić information content (AvgIpc) is 3.62. The maximum Gasteiger partial charge on any atom is 0.417 e. The van der Waals surface area contributed by atoms with Crippen LogP contribution in [0.2, 0.25) is 0 Å². The molecule has 2 saturated heterocycles. The molecule has 16 heteroatoms. The van der Waals surface area contributed by atoms with Crippen LogP contribution < -0.4 is 10.2 Å². The fourth-order valence-corrected chi connectivity index (χ4v) is 10.8. The number of ketones is 2. The van der Waals surface area contributed by atoms with Crippen LogP contribution in [0.25, 0.3) is 10.9 Å². The third kappa shape index (κ3) is 8.97. The number of anilines is 2. The van der Waals surface area contributed by atoms with E-state index in [-0.39, 0.29) is 65.5 Å². The summed E-state index contributed by atoms with van der Waals surface area (Å²) in [6.45, 7) is 8.64. The molecule has 0 spiro atoms. The Balaban J connectivity index is 0.861. The fraction of sp³-hybridized carbons (Fsp3) is 0.578. The predicted molar refractivity (Wildman–Crippen MR) is 228 cm³/mol. The number of nitriles is 1.